The van der Waals surface area contributed by atoms with Crippen LogP contribution in [0.3, 0.4) is 0 Å². The number of rotatable bonds is 3. The van der Waals surface area contributed by atoms with Gasteiger partial charge in [0.1, 0.15) is 0 Å². The number of hydrogen-bond donors (Lipinski definition) is 1. The van der Waals surface area contributed by atoms with Crippen LogP contribution in [0.5, 0.6) is 0 Å². The average Bonchev–Trinajstić information content (AvgIpc) is 2.41. The van der Waals surface area contributed by atoms with E-state index in [1.807, 2.05) is 25.1 Å². The molecule has 0 aromatic heterocycles. The van der Waals surface area contributed by atoms with E-state index < -0.39 is 0 Å². The van der Waals surface area contributed by atoms with Crippen molar-refractivity contribution in [1.82, 2.24) is 4.90 Å². The Labute approximate surface area is 108 Å². The summed E-state index contributed by atoms with van der Waals surface area (Å²) >= 11 is 0. The number of anilines is 1. The van der Waals surface area contributed by atoms with Gasteiger partial charge in [0.2, 0.25) is 0 Å². The first-order valence-electron chi connectivity index (χ1n) is 6.53. The predicted molar refractivity (Wildman–Crippen MR) is 71.7 cm³/mol. The van der Waals surface area contributed by atoms with E-state index in [0.717, 1.165) is 31.6 Å². The summed E-state index contributed by atoms with van der Waals surface area (Å²) in [5, 5.41) is 3.49. The number of benzene rings is 1. The Morgan fingerprint density at radius 2 is 2.00 bits per heavy atom. The number of likely N-dealkylation sites (tertiary alicyclic amines) is 1. The molecule has 1 aromatic rings. The highest BCUT2D eigenvalue weighted by atomic mass is 16.6. The molecule has 1 aromatic carbocycles. The lowest BCUT2D eigenvalue weighted by atomic mass is 10.1. The van der Waals surface area contributed by atoms with E-state index in [2.05, 4.69) is 17.4 Å². The van der Waals surface area contributed by atoms with Crippen LogP contribution in [0.1, 0.15) is 19.8 Å². The minimum Gasteiger partial charge on any atom is -0.450 e. The van der Waals surface area contributed by atoms with Gasteiger partial charge in [-0.05, 0) is 31.9 Å². The number of hydrogen-bond acceptors (Lipinski definition) is 3. The normalized spacial score (nSPS) is 16.4. The van der Waals surface area contributed by atoms with Crippen molar-refractivity contribution in [1.29, 1.82) is 0 Å². The smallest absolute Gasteiger partial charge is 0.409 e. The molecule has 0 radical (unpaired) electrons. The van der Waals surface area contributed by atoms with Crippen LogP contribution in [0.2, 0.25) is 0 Å². The van der Waals surface area contributed by atoms with E-state index in [1.165, 1.54) is 0 Å². The fraction of sp³-hybridized carbons (Fsp3) is 0.500. The molecule has 1 fully saturated rings. The molecule has 2 rings (SSSR count). The topological polar surface area (TPSA) is 41.6 Å². The van der Waals surface area contributed by atoms with Gasteiger partial charge in [-0.25, -0.2) is 4.79 Å². The summed E-state index contributed by atoms with van der Waals surface area (Å²) < 4.78 is 5.00. The molecule has 0 unspecified atom stereocenters. The van der Waals surface area contributed by atoms with Crippen LogP contribution in [0.4, 0.5) is 10.5 Å². The Morgan fingerprint density at radius 3 is 2.61 bits per heavy atom. The molecular formula is C14H20N2O2. The quantitative estimate of drug-likeness (QED) is 0.894. The van der Waals surface area contributed by atoms with E-state index >= 15 is 0 Å². The van der Waals surface area contributed by atoms with Crippen molar-refractivity contribution in [2.45, 2.75) is 25.8 Å². The van der Waals surface area contributed by atoms with Gasteiger partial charge in [-0.1, -0.05) is 18.2 Å². The Morgan fingerprint density at radius 1 is 1.33 bits per heavy atom. The molecule has 1 N–H and O–H groups in total. The predicted octanol–water partition coefficient (Wildman–Crippen LogP) is 2.72. The average molecular weight is 248 g/mol. The lowest BCUT2D eigenvalue weighted by Crippen LogP contribution is -2.42. The van der Waals surface area contributed by atoms with Gasteiger partial charge in [-0.2, -0.15) is 0 Å². The molecule has 0 atom stereocenters. The van der Waals surface area contributed by atoms with Crippen LogP contribution in [-0.2, 0) is 4.74 Å². The highest BCUT2D eigenvalue weighted by molar-refractivity contribution is 5.67. The molecule has 1 amide bonds. The van der Waals surface area contributed by atoms with Crippen molar-refractivity contribution in [3.63, 3.8) is 0 Å². The summed E-state index contributed by atoms with van der Waals surface area (Å²) in [6.07, 6.45) is 1.75. The second-order valence-corrected chi connectivity index (χ2v) is 4.47. The highest BCUT2D eigenvalue weighted by Gasteiger charge is 2.23. The van der Waals surface area contributed by atoms with Crippen molar-refractivity contribution < 1.29 is 9.53 Å². The molecule has 1 saturated heterocycles. The zero-order chi connectivity index (χ0) is 12.8. The van der Waals surface area contributed by atoms with Crippen molar-refractivity contribution >= 4 is 11.8 Å². The number of amides is 1. The van der Waals surface area contributed by atoms with Gasteiger partial charge < -0.3 is 15.0 Å². The number of para-hydroxylation sites is 1. The molecule has 18 heavy (non-hydrogen) atoms. The first-order chi connectivity index (χ1) is 8.79. The maximum absolute atomic E-state index is 11.5. The summed E-state index contributed by atoms with van der Waals surface area (Å²) in [6.45, 7) is 3.81. The monoisotopic (exact) mass is 248 g/mol. The van der Waals surface area contributed by atoms with E-state index in [9.17, 15) is 4.79 Å². The first-order valence-corrected chi connectivity index (χ1v) is 6.53. The SMILES string of the molecule is CCOC(=O)N1CCC(Nc2ccccc2)CC1. The summed E-state index contributed by atoms with van der Waals surface area (Å²) in [4.78, 5) is 13.3. The van der Waals surface area contributed by atoms with Crippen LogP contribution in [0.15, 0.2) is 30.3 Å². The molecule has 1 aliphatic rings. The van der Waals surface area contributed by atoms with Gasteiger partial charge in [0.15, 0.2) is 0 Å². The number of nitrogens with zero attached hydrogens (tertiary/aromatic N) is 1. The summed E-state index contributed by atoms with van der Waals surface area (Å²) in [5.41, 5.74) is 1.15. The molecule has 1 aliphatic heterocycles. The Balaban J connectivity index is 1.78. The molecule has 0 saturated carbocycles. The minimum atomic E-state index is -0.185. The number of nitrogens with one attached hydrogen (secondary N) is 1. The van der Waals surface area contributed by atoms with E-state index in [1.54, 1.807) is 4.90 Å². The maximum atomic E-state index is 11.5. The summed E-state index contributed by atoms with van der Waals surface area (Å²) in [7, 11) is 0. The minimum absolute atomic E-state index is 0.185. The van der Waals surface area contributed by atoms with Crippen molar-refractivity contribution in [2.24, 2.45) is 0 Å². The second kappa shape index (κ2) is 6.28. The standard InChI is InChI=1S/C14H20N2O2/c1-2-18-14(17)16-10-8-13(9-11-16)15-12-6-4-3-5-7-12/h3-7,13,15H,2,8-11H2,1H3. The highest BCUT2D eigenvalue weighted by Crippen LogP contribution is 2.16. The molecule has 0 spiro atoms. The number of piperidine rings is 1. The first kappa shape index (κ1) is 12.7. The molecule has 98 valence electrons. The Bertz CT molecular complexity index is 373. The van der Waals surface area contributed by atoms with Crippen LogP contribution in [0, 0.1) is 0 Å². The van der Waals surface area contributed by atoms with Crippen LogP contribution in [-0.4, -0.2) is 36.7 Å². The molecule has 4 nitrogen and oxygen atoms in total. The summed E-state index contributed by atoms with van der Waals surface area (Å²) in [6, 6.07) is 10.6. The Hall–Kier alpha value is -1.71. The van der Waals surface area contributed by atoms with Crippen molar-refractivity contribution in [2.75, 3.05) is 25.0 Å². The third-order valence-corrected chi connectivity index (χ3v) is 3.17. The van der Waals surface area contributed by atoms with E-state index in [-0.39, 0.29) is 6.09 Å². The zero-order valence-corrected chi connectivity index (χ0v) is 10.8. The lowest BCUT2D eigenvalue weighted by molar-refractivity contribution is 0.0983. The maximum Gasteiger partial charge on any atom is 0.409 e. The lowest BCUT2D eigenvalue weighted by Gasteiger charge is -2.32. The van der Waals surface area contributed by atoms with Gasteiger partial charge in [-0.15, -0.1) is 0 Å². The van der Waals surface area contributed by atoms with E-state index in [4.69, 9.17) is 4.74 Å². The van der Waals surface area contributed by atoms with Crippen LogP contribution >= 0.6 is 0 Å². The number of carbonyl (C=O) groups is 1. The van der Waals surface area contributed by atoms with Gasteiger partial charge in [0.05, 0.1) is 6.61 Å². The van der Waals surface area contributed by atoms with Crippen molar-refractivity contribution in [3.05, 3.63) is 30.3 Å². The zero-order valence-electron chi connectivity index (χ0n) is 10.8. The third kappa shape index (κ3) is 3.39. The van der Waals surface area contributed by atoms with Crippen molar-refractivity contribution in [3.8, 4) is 0 Å². The number of carbonyl (C=O) groups excluding carboxylic acids is 1. The molecule has 0 bridgehead atoms. The largest absolute Gasteiger partial charge is 0.450 e. The fourth-order valence-corrected chi connectivity index (χ4v) is 2.19. The van der Waals surface area contributed by atoms with Crippen LogP contribution < -0.4 is 5.32 Å². The molecule has 0 aliphatic carbocycles. The van der Waals surface area contributed by atoms with E-state index in [0.29, 0.717) is 12.6 Å². The van der Waals surface area contributed by atoms with Gasteiger partial charge in [-0.3, -0.25) is 0 Å². The van der Waals surface area contributed by atoms with Gasteiger partial charge in [0, 0.05) is 24.8 Å². The fourth-order valence-electron chi connectivity index (χ4n) is 2.19. The summed E-state index contributed by atoms with van der Waals surface area (Å²) in [5.74, 6) is 0. The second-order valence-electron chi connectivity index (χ2n) is 4.47. The molecular weight excluding hydrogens is 228 g/mol. The third-order valence-electron chi connectivity index (χ3n) is 3.17. The van der Waals surface area contributed by atoms with Gasteiger partial charge >= 0.3 is 6.09 Å². The molecule has 1 heterocycles. The molecule has 4 heteroatoms. The van der Waals surface area contributed by atoms with Crippen LogP contribution in [0.25, 0.3) is 0 Å². The van der Waals surface area contributed by atoms with Gasteiger partial charge in [0.25, 0.3) is 0 Å². The number of ether oxygens (including phenoxy) is 1. The Kier molecular flexibility index (Phi) is 4.45.